The zero-order chi connectivity index (χ0) is 14.1. The zero-order valence-electron chi connectivity index (χ0n) is 11.0. The van der Waals surface area contributed by atoms with E-state index < -0.39 is 20.1 Å². The Labute approximate surface area is 120 Å². The number of carbonyl (C=O) groups excluding carboxylic acids is 1. The van der Waals surface area contributed by atoms with E-state index in [2.05, 4.69) is 10.3 Å². The van der Waals surface area contributed by atoms with Gasteiger partial charge in [0.1, 0.15) is 0 Å². The minimum absolute atomic E-state index is 0.175. The number of hydrogen-bond acceptors (Lipinski definition) is 6. The summed E-state index contributed by atoms with van der Waals surface area (Å²) in [6.07, 6.45) is 0. The van der Waals surface area contributed by atoms with Crippen LogP contribution >= 0.6 is 0 Å². The number of hydrogen-bond donors (Lipinski definition) is 0. The second-order valence-electron chi connectivity index (χ2n) is 4.18. The summed E-state index contributed by atoms with van der Waals surface area (Å²) in [5, 5.41) is 7.82. The van der Waals surface area contributed by atoms with E-state index in [-0.39, 0.29) is 12.3 Å². The SMILES string of the molecule is CCOC(=O)C1=NO[Se]2=C1C(c1ccc(C)cc1)=NO2. The van der Waals surface area contributed by atoms with Gasteiger partial charge in [-0.15, -0.1) is 0 Å². The molecule has 0 aromatic heterocycles. The standard InChI is InChI=1S/C13H12N2O4Se/c1-3-17-13(16)11-12-10(14-18-20(12)19-15-11)9-6-4-8(2)5-7-9/h4-7H,3H2,1-2H3. The van der Waals surface area contributed by atoms with Crippen molar-refractivity contribution in [2.75, 3.05) is 6.61 Å². The molecule has 2 heterocycles. The normalized spacial score (nSPS) is 19.7. The van der Waals surface area contributed by atoms with Gasteiger partial charge in [-0.25, -0.2) is 0 Å². The zero-order valence-corrected chi connectivity index (χ0v) is 12.7. The summed E-state index contributed by atoms with van der Waals surface area (Å²) in [6, 6.07) is 7.81. The van der Waals surface area contributed by atoms with E-state index in [1.807, 2.05) is 31.2 Å². The Morgan fingerprint density at radius 2 is 1.95 bits per heavy atom. The van der Waals surface area contributed by atoms with Crippen LogP contribution < -0.4 is 0 Å². The monoisotopic (exact) mass is 340 g/mol. The number of esters is 1. The number of oxime groups is 2. The van der Waals surface area contributed by atoms with Crippen molar-refractivity contribution in [3.05, 3.63) is 35.4 Å². The molecule has 2 aliphatic heterocycles. The molecule has 6 nitrogen and oxygen atoms in total. The molecule has 0 amide bonds. The van der Waals surface area contributed by atoms with E-state index >= 15 is 0 Å². The maximum absolute atomic E-state index is 11.9. The summed E-state index contributed by atoms with van der Waals surface area (Å²) in [5.41, 5.74) is 2.81. The number of aryl methyl sites for hydroxylation is 1. The van der Waals surface area contributed by atoms with Crippen LogP contribution in [-0.4, -0.2) is 42.5 Å². The molecule has 1 aromatic carbocycles. The van der Waals surface area contributed by atoms with E-state index in [1.54, 1.807) is 6.92 Å². The first-order valence-electron chi connectivity index (χ1n) is 6.08. The average Bonchev–Trinajstić information content (AvgIpc) is 3.01. The molecule has 1 aromatic rings. The second-order valence-corrected chi connectivity index (χ2v) is 6.65. The minimum atomic E-state index is -2.07. The molecule has 0 aliphatic carbocycles. The van der Waals surface area contributed by atoms with Crippen LogP contribution in [0, 0.1) is 6.92 Å². The van der Waals surface area contributed by atoms with E-state index in [9.17, 15) is 4.79 Å². The Bertz CT molecular complexity index is 661. The maximum atomic E-state index is 11.9. The number of nitrogens with zero attached hydrogens (tertiary/aromatic N) is 2. The predicted octanol–water partition coefficient (Wildman–Crippen LogP) is 0.921. The van der Waals surface area contributed by atoms with Gasteiger partial charge < -0.3 is 0 Å². The molecule has 7 heteroatoms. The summed E-state index contributed by atoms with van der Waals surface area (Å²) < 4.78 is 16.1. The number of ether oxygens (including phenoxy) is 1. The van der Waals surface area contributed by atoms with Gasteiger partial charge >= 0.3 is 119 Å². The van der Waals surface area contributed by atoms with E-state index in [0.29, 0.717) is 10.1 Å². The van der Waals surface area contributed by atoms with Gasteiger partial charge in [0, 0.05) is 0 Å². The van der Waals surface area contributed by atoms with Crippen molar-refractivity contribution in [3.63, 3.8) is 0 Å². The first-order chi connectivity index (χ1) is 9.70. The molecule has 1 unspecified atom stereocenters. The van der Waals surface area contributed by atoms with Gasteiger partial charge in [-0.3, -0.25) is 0 Å². The molecule has 3 rings (SSSR count). The van der Waals surface area contributed by atoms with Crippen LogP contribution in [0.1, 0.15) is 18.1 Å². The van der Waals surface area contributed by atoms with Crippen LogP contribution in [0.5, 0.6) is 0 Å². The van der Waals surface area contributed by atoms with Crippen molar-refractivity contribution in [3.8, 4) is 0 Å². The predicted molar refractivity (Wildman–Crippen MR) is 74.7 cm³/mol. The van der Waals surface area contributed by atoms with Crippen molar-refractivity contribution in [1.29, 1.82) is 0 Å². The van der Waals surface area contributed by atoms with Crippen molar-refractivity contribution < 1.29 is 17.4 Å². The fraction of sp³-hybridized carbons (Fsp3) is 0.231. The van der Waals surface area contributed by atoms with E-state index in [4.69, 9.17) is 12.6 Å². The Kier molecular flexibility index (Phi) is 3.38. The van der Waals surface area contributed by atoms with Gasteiger partial charge in [-0.05, 0) is 0 Å². The van der Waals surface area contributed by atoms with Crippen molar-refractivity contribution >= 4 is 35.9 Å². The molecule has 1 atom stereocenters. The van der Waals surface area contributed by atoms with E-state index in [1.165, 1.54) is 0 Å². The molecule has 20 heavy (non-hydrogen) atoms. The van der Waals surface area contributed by atoms with Gasteiger partial charge in [0.05, 0.1) is 0 Å². The Morgan fingerprint density at radius 1 is 1.25 bits per heavy atom. The van der Waals surface area contributed by atoms with Crippen LogP contribution in [0.3, 0.4) is 0 Å². The van der Waals surface area contributed by atoms with Crippen LogP contribution in [0.25, 0.3) is 0 Å². The van der Waals surface area contributed by atoms with Crippen LogP contribution in [0.4, 0.5) is 0 Å². The Hall–Kier alpha value is -1.98. The molecule has 104 valence electrons. The first-order valence-corrected chi connectivity index (χ1v) is 8.33. The topological polar surface area (TPSA) is 69.5 Å². The quantitative estimate of drug-likeness (QED) is 0.607. The third kappa shape index (κ3) is 2.15. The van der Waals surface area contributed by atoms with Gasteiger partial charge in [-0.1, -0.05) is 0 Å². The molecular formula is C13H12N2O4Se. The molecule has 0 spiro atoms. The second kappa shape index (κ2) is 5.19. The van der Waals surface area contributed by atoms with Gasteiger partial charge in [0.2, 0.25) is 0 Å². The van der Waals surface area contributed by atoms with Crippen LogP contribution in [0.2, 0.25) is 0 Å². The third-order valence-corrected chi connectivity index (χ3v) is 5.17. The number of rotatable bonds is 3. The molecule has 0 N–H and O–H groups in total. The molecule has 2 aliphatic rings. The number of benzene rings is 1. The summed E-state index contributed by atoms with van der Waals surface area (Å²) >= 11 is -2.07. The first kappa shape index (κ1) is 13.0. The van der Waals surface area contributed by atoms with Crippen LogP contribution in [-0.2, 0) is 17.4 Å². The Balaban J connectivity index is 1.94. The van der Waals surface area contributed by atoms with Crippen LogP contribution in [0.15, 0.2) is 34.6 Å². The fourth-order valence-corrected chi connectivity index (χ4v) is 4.02. The van der Waals surface area contributed by atoms with Crippen molar-refractivity contribution in [1.82, 2.24) is 0 Å². The molecule has 0 radical (unpaired) electrons. The number of carbonyl (C=O) groups is 1. The fourth-order valence-electron chi connectivity index (χ4n) is 1.81. The molecular weight excluding hydrogens is 327 g/mol. The molecule has 0 bridgehead atoms. The average molecular weight is 339 g/mol. The summed E-state index contributed by atoms with van der Waals surface area (Å²) in [7, 11) is 0. The van der Waals surface area contributed by atoms with Gasteiger partial charge in [-0.2, -0.15) is 0 Å². The Morgan fingerprint density at radius 3 is 2.65 bits per heavy atom. The van der Waals surface area contributed by atoms with Crippen molar-refractivity contribution in [2.45, 2.75) is 13.8 Å². The third-order valence-electron chi connectivity index (χ3n) is 2.78. The van der Waals surface area contributed by atoms with E-state index in [0.717, 1.165) is 11.1 Å². The summed E-state index contributed by atoms with van der Waals surface area (Å²) in [6.45, 7) is 4.03. The van der Waals surface area contributed by atoms with Crippen molar-refractivity contribution in [2.24, 2.45) is 10.3 Å². The molecule has 0 saturated heterocycles. The summed E-state index contributed by atoms with van der Waals surface area (Å²) in [5.74, 6) is -0.501. The summed E-state index contributed by atoms with van der Waals surface area (Å²) in [4.78, 5) is 11.9. The molecule has 0 saturated carbocycles. The van der Waals surface area contributed by atoms with Gasteiger partial charge in [0.15, 0.2) is 0 Å². The van der Waals surface area contributed by atoms with Gasteiger partial charge in [0.25, 0.3) is 0 Å². The molecule has 0 fully saturated rings.